The van der Waals surface area contributed by atoms with Gasteiger partial charge in [0.25, 0.3) is 0 Å². The molecule has 0 aliphatic heterocycles. The van der Waals surface area contributed by atoms with Crippen LogP contribution in [0, 0.1) is 11.3 Å². The first kappa shape index (κ1) is 11.5. The number of imidazole rings is 1. The lowest BCUT2D eigenvalue weighted by Gasteiger charge is -2.01. The van der Waals surface area contributed by atoms with Crippen molar-refractivity contribution in [1.29, 1.82) is 5.26 Å². The number of fused-ring (bicyclic) bond motifs is 1. The number of hydrogen-bond acceptors (Lipinski definition) is 2. The number of aryl methyl sites for hydroxylation is 1. The van der Waals surface area contributed by atoms with E-state index in [2.05, 4.69) is 33.2 Å². The van der Waals surface area contributed by atoms with Crippen LogP contribution in [0.25, 0.3) is 10.9 Å². The van der Waals surface area contributed by atoms with Crippen molar-refractivity contribution in [3.05, 3.63) is 53.7 Å². The van der Waals surface area contributed by atoms with Crippen molar-refractivity contribution in [2.24, 2.45) is 0 Å². The van der Waals surface area contributed by atoms with Crippen molar-refractivity contribution < 1.29 is 0 Å². The van der Waals surface area contributed by atoms with Crippen molar-refractivity contribution in [2.75, 3.05) is 0 Å². The van der Waals surface area contributed by atoms with E-state index in [1.807, 2.05) is 18.3 Å². The Labute approximate surface area is 111 Å². The average molecular weight is 250 g/mol. The molecule has 0 amide bonds. The molecule has 0 unspecified atom stereocenters. The summed E-state index contributed by atoms with van der Waals surface area (Å²) in [6, 6.07) is 10.4. The molecule has 1 aromatic carbocycles. The standard InChI is InChI=1S/C15H14N4/c16-7-3-6-14-12(10-15-17-8-9-18-15)11-4-1-2-5-13(11)19-14/h1-2,4-5,8-9,19H,3,6,10H2,(H,17,18). The minimum absolute atomic E-state index is 0.526. The number of aromatic nitrogens is 3. The van der Waals surface area contributed by atoms with E-state index in [0.717, 1.165) is 29.9 Å². The maximum absolute atomic E-state index is 8.77. The Hall–Kier alpha value is -2.54. The van der Waals surface area contributed by atoms with E-state index in [1.54, 1.807) is 6.20 Å². The lowest BCUT2D eigenvalue weighted by atomic mass is 10.0. The van der Waals surface area contributed by atoms with Crippen molar-refractivity contribution in [2.45, 2.75) is 19.3 Å². The first-order valence-electron chi connectivity index (χ1n) is 6.32. The third-order valence-corrected chi connectivity index (χ3v) is 3.29. The van der Waals surface area contributed by atoms with Crippen LogP contribution in [0.3, 0.4) is 0 Å². The molecule has 0 spiro atoms. The predicted molar refractivity (Wildman–Crippen MR) is 73.6 cm³/mol. The van der Waals surface area contributed by atoms with Crippen molar-refractivity contribution >= 4 is 10.9 Å². The van der Waals surface area contributed by atoms with Crippen LogP contribution in [-0.4, -0.2) is 15.0 Å². The third kappa shape index (κ3) is 2.23. The van der Waals surface area contributed by atoms with Crippen LogP contribution in [-0.2, 0) is 12.8 Å². The zero-order chi connectivity index (χ0) is 13.1. The molecule has 19 heavy (non-hydrogen) atoms. The average Bonchev–Trinajstić information content (AvgIpc) is 3.06. The fourth-order valence-corrected chi connectivity index (χ4v) is 2.41. The van der Waals surface area contributed by atoms with Gasteiger partial charge in [-0.15, -0.1) is 0 Å². The summed E-state index contributed by atoms with van der Waals surface area (Å²) in [7, 11) is 0. The normalized spacial score (nSPS) is 10.7. The number of nitrogens with one attached hydrogen (secondary N) is 2. The van der Waals surface area contributed by atoms with Gasteiger partial charge in [0.15, 0.2) is 0 Å². The number of hydrogen-bond donors (Lipinski definition) is 2. The van der Waals surface area contributed by atoms with Crippen LogP contribution >= 0.6 is 0 Å². The van der Waals surface area contributed by atoms with Gasteiger partial charge >= 0.3 is 0 Å². The summed E-state index contributed by atoms with van der Waals surface area (Å²) in [4.78, 5) is 10.8. The number of nitriles is 1. The third-order valence-electron chi connectivity index (χ3n) is 3.29. The molecule has 0 atom stereocenters. The van der Waals surface area contributed by atoms with Gasteiger partial charge in [-0.1, -0.05) is 18.2 Å². The van der Waals surface area contributed by atoms with Gasteiger partial charge in [0.2, 0.25) is 0 Å². The van der Waals surface area contributed by atoms with Gasteiger partial charge in [-0.05, 0) is 11.6 Å². The Bertz CT molecular complexity index is 716. The molecule has 3 aromatic rings. The van der Waals surface area contributed by atoms with E-state index in [1.165, 1.54) is 10.9 Å². The summed E-state index contributed by atoms with van der Waals surface area (Å²) < 4.78 is 0. The molecule has 0 bridgehead atoms. The van der Waals surface area contributed by atoms with Crippen molar-refractivity contribution in [3.8, 4) is 6.07 Å². The van der Waals surface area contributed by atoms with Crippen LogP contribution in [0.2, 0.25) is 0 Å². The minimum atomic E-state index is 0.526. The largest absolute Gasteiger partial charge is 0.358 e. The van der Waals surface area contributed by atoms with Gasteiger partial charge in [-0.25, -0.2) is 4.98 Å². The molecule has 4 nitrogen and oxygen atoms in total. The second-order valence-corrected chi connectivity index (χ2v) is 4.50. The van der Waals surface area contributed by atoms with Crippen LogP contribution < -0.4 is 0 Å². The zero-order valence-electron chi connectivity index (χ0n) is 10.5. The maximum Gasteiger partial charge on any atom is 0.110 e. The molecule has 94 valence electrons. The molecule has 0 aliphatic rings. The Balaban J connectivity index is 2.05. The van der Waals surface area contributed by atoms with Crippen LogP contribution in [0.4, 0.5) is 0 Å². The second kappa shape index (κ2) is 4.99. The summed E-state index contributed by atoms with van der Waals surface area (Å²) in [5.41, 5.74) is 3.50. The molecule has 4 heteroatoms. The summed E-state index contributed by atoms with van der Waals surface area (Å²) >= 11 is 0. The first-order valence-corrected chi connectivity index (χ1v) is 6.32. The Morgan fingerprint density at radius 2 is 2.16 bits per heavy atom. The number of para-hydroxylation sites is 1. The number of aromatic amines is 2. The van der Waals surface area contributed by atoms with Crippen molar-refractivity contribution in [3.63, 3.8) is 0 Å². The topological polar surface area (TPSA) is 68.3 Å². The smallest absolute Gasteiger partial charge is 0.110 e. The zero-order valence-corrected chi connectivity index (χ0v) is 10.5. The highest BCUT2D eigenvalue weighted by molar-refractivity contribution is 5.84. The second-order valence-electron chi connectivity index (χ2n) is 4.50. The van der Waals surface area contributed by atoms with Gasteiger partial charge in [-0.3, -0.25) is 0 Å². The molecule has 0 radical (unpaired) electrons. The molecule has 0 aliphatic carbocycles. The molecule has 2 heterocycles. The fourth-order valence-electron chi connectivity index (χ4n) is 2.41. The summed E-state index contributed by atoms with van der Waals surface area (Å²) in [5.74, 6) is 0.947. The minimum Gasteiger partial charge on any atom is -0.358 e. The highest BCUT2D eigenvalue weighted by atomic mass is 14.9. The number of nitrogens with zero attached hydrogens (tertiary/aromatic N) is 2. The summed E-state index contributed by atoms with van der Waals surface area (Å²) in [6.07, 6.45) is 5.63. The monoisotopic (exact) mass is 250 g/mol. The van der Waals surface area contributed by atoms with Crippen LogP contribution in [0.5, 0.6) is 0 Å². The summed E-state index contributed by atoms with van der Waals surface area (Å²) in [6.45, 7) is 0. The SMILES string of the molecule is N#CCCc1[nH]c2ccccc2c1Cc1ncc[nH]1. The van der Waals surface area contributed by atoms with E-state index >= 15 is 0 Å². The van der Waals surface area contributed by atoms with E-state index < -0.39 is 0 Å². The quantitative estimate of drug-likeness (QED) is 0.747. The van der Waals surface area contributed by atoms with E-state index in [4.69, 9.17) is 5.26 Å². The van der Waals surface area contributed by atoms with Gasteiger partial charge in [0, 0.05) is 48.3 Å². The van der Waals surface area contributed by atoms with Gasteiger partial charge in [0.05, 0.1) is 6.07 Å². The van der Waals surface area contributed by atoms with E-state index in [9.17, 15) is 0 Å². The van der Waals surface area contributed by atoms with E-state index in [-0.39, 0.29) is 0 Å². The van der Waals surface area contributed by atoms with Crippen molar-refractivity contribution in [1.82, 2.24) is 15.0 Å². The maximum atomic E-state index is 8.77. The van der Waals surface area contributed by atoms with Gasteiger partial charge in [-0.2, -0.15) is 5.26 Å². The first-order chi connectivity index (χ1) is 9.38. The Kier molecular flexibility index (Phi) is 3.03. The molecular formula is C15H14N4. The van der Waals surface area contributed by atoms with Gasteiger partial charge in [0.1, 0.15) is 5.82 Å². The lowest BCUT2D eigenvalue weighted by Crippen LogP contribution is -1.95. The lowest BCUT2D eigenvalue weighted by molar-refractivity contribution is 0.930. The molecule has 2 aromatic heterocycles. The number of benzene rings is 1. The fraction of sp³-hybridized carbons (Fsp3) is 0.200. The molecular weight excluding hydrogens is 236 g/mol. The number of H-pyrrole nitrogens is 2. The molecule has 0 fully saturated rings. The molecule has 0 saturated carbocycles. The summed E-state index contributed by atoms with van der Waals surface area (Å²) in [5, 5.41) is 9.98. The van der Waals surface area contributed by atoms with Crippen LogP contribution in [0.1, 0.15) is 23.5 Å². The molecule has 0 saturated heterocycles. The van der Waals surface area contributed by atoms with E-state index in [0.29, 0.717) is 6.42 Å². The Morgan fingerprint density at radius 1 is 1.26 bits per heavy atom. The highest BCUT2D eigenvalue weighted by Crippen LogP contribution is 2.25. The van der Waals surface area contributed by atoms with Crippen LogP contribution in [0.15, 0.2) is 36.7 Å². The highest BCUT2D eigenvalue weighted by Gasteiger charge is 2.12. The van der Waals surface area contributed by atoms with Gasteiger partial charge < -0.3 is 9.97 Å². The molecule has 2 N–H and O–H groups in total. The molecule has 3 rings (SSSR count). The predicted octanol–water partition coefficient (Wildman–Crippen LogP) is 2.94. The Morgan fingerprint density at radius 3 is 2.95 bits per heavy atom. The number of rotatable bonds is 4.